The molecule has 0 aliphatic rings. The smallest absolute Gasteiger partial charge is 0.131 e. The van der Waals surface area contributed by atoms with Crippen LogP contribution in [0.4, 0.5) is 4.39 Å². The zero-order valence-electron chi connectivity index (χ0n) is 8.41. The van der Waals surface area contributed by atoms with Gasteiger partial charge in [-0.3, -0.25) is 0 Å². The monoisotopic (exact) mass is 300 g/mol. The minimum Gasteiger partial charge on any atom is -0.330 e. The van der Waals surface area contributed by atoms with E-state index in [0.29, 0.717) is 12.1 Å². The van der Waals surface area contributed by atoms with E-state index in [1.807, 2.05) is 0 Å². The lowest BCUT2D eigenvalue weighted by molar-refractivity contribution is 0.631. The van der Waals surface area contributed by atoms with Crippen LogP contribution < -0.4 is 5.73 Å². The van der Waals surface area contributed by atoms with Gasteiger partial charge in [0.1, 0.15) is 5.82 Å². The number of aromatic nitrogens is 1. The maximum absolute atomic E-state index is 13.6. The first-order valence-electron chi connectivity index (χ1n) is 4.81. The molecule has 84 valence electrons. The highest BCUT2D eigenvalue weighted by atomic mass is 79.9. The molecule has 2 nitrogen and oxygen atoms in total. The topological polar surface area (TPSA) is 38.9 Å². The van der Waals surface area contributed by atoms with E-state index >= 15 is 0 Å². The number of benzene rings is 1. The zero-order valence-corrected chi connectivity index (χ0v) is 10.8. The van der Waals surface area contributed by atoms with Gasteiger partial charge in [0.05, 0.1) is 9.88 Å². The first-order chi connectivity index (χ1) is 7.70. The van der Waals surface area contributed by atoms with E-state index in [9.17, 15) is 4.39 Å². The van der Waals surface area contributed by atoms with Gasteiger partial charge in [-0.1, -0.05) is 15.9 Å². The van der Waals surface area contributed by atoms with E-state index in [1.165, 1.54) is 17.4 Å². The van der Waals surface area contributed by atoms with Gasteiger partial charge in [-0.15, -0.1) is 11.3 Å². The predicted molar refractivity (Wildman–Crippen MR) is 68.0 cm³/mol. The number of nitrogens with zero attached hydrogens (tertiary/aromatic N) is 1. The summed E-state index contributed by atoms with van der Waals surface area (Å²) < 4.78 is 14.4. The van der Waals surface area contributed by atoms with Crippen molar-refractivity contribution < 1.29 is 4.39 Å². The van der Waals surface area contributed by atoms with Crippen molar-refractivity contribution in [1.29, 1.82) is 0 Å². The van der Waals surface area contributed by atoms with Crippen molar-refractivity contribution in [1.82, 2.24) is 4.98 Å². The average Bonchev–Trinajstić information content (AvgIpc) is 2.71. The van der Waals surface area contributed by atoms with E-state index in [4.69, 9.17) is 5.73 Å². The number of hydrogen-bond acceptors (Lipinski definition) is 3. The molecule has 0 bridgehead atoms. The lowest BCUT2D eigenvalue weighted by Crippen LogP contribution is -2.01. The van der Waals surface area contributed by atoms with E-state index in [2.05, 4.69) is 20.9 Å². The van der Waals surface area contributed by atoms with Crippen LogP contribution >= 0.6 is 27.3 Å². The molecule has 5 heteroatoms. The van der Waals surface area contributed by atoms with Gasteiger partial charge in [-0.2, -0.15) is 0 Å². The van der Waals surface area contributed by atoms with Gasteiger partial charge in [0.15, 0.2) is 0 Å². The van der Waals surface area contributed by atoms with Crippen LogP contribution in [0, 0.1) is 5.82 Å². The Kier molecular flexibility index (Phi) is 3.68. The SMILES string of the molecule is NCCc1ncc(-c2cc(Br)ccc2F)s1. The van der Waals surface area contributed by atoms with Crippen molar-refractivity contribution in [3.63, 3.8) is 0 Å². The summed E-state index contributed by atoms with van der Waals surface area (Å²) in [5, 5.41) is 0.942. The molecule has 16 heavy (non-hydrogen) atoms. The normalized spacial score (nSPS) is 10.7. The Morgan fingerprint density at radius 3 is 3.00 bits per heavy atom. The lowest BCUT2D eigenvalue weighted by atomic mass is 10.2. The summed E-state index contributed by atoms with van der Waals surface area (Å²) in [5.41, 5.74) is 6.03. The highest BCUT2D eigenvalue weighted by Gasteiger charge is 2.09. The first kappa shape index (κ1) is 11.7. The Hall–Kier alpha value is -0.780. The molecule has 0 atom stereocenters. The maximum Gasteiger partial charge on any atom is 0.131 e. The van der Waals surface area contributed by atoms with Gasteiger partial charge in [0.25, 0.3) is 0 Å². The molecular formula is C11H10BrFN2S. The summed E-state index contributed by atoms with van der Waals surface area (Å²) in [4.78, 5) is 5.05. The standard InChI is InChI=1S/C11H10BrFN2S/c12-7-1-2-9(13)8(5-7)10-6-15-11(16-10)3-4-14/h1-2,5-6H,3-4,14H2. The van der Waals surface area contributed by atoms with Crippen LogP contribution in [0.1, 0.15) is 5.01 Å². The fraction of sp³-hybridized carbons (Fsp3) is 0.182. The molecule has 1 aromatic carbocycles. The van der Waals surface area contributed by atoms with Gasteiger partial charge in [-0.25, -0.2) is 9.37 Å². The van der Waals surface area contributed by atoms with E-state index in [1.54, 1.807) is 18.3 Å². The third kappa shape index (κ3) is 2.48. The molecule has 0 saturated carbocycles. The molecule has 0 aliphatic carbocycles. The van der Waals surface area contributed by atoms with Crippen molar-refractivity contribution in [2.24, 2.45) is 5.73 Å². The van der Waals surface area contributed by atoms with Crippen LogP contribution in [-0.2, 0) is 6.42 Å². The number of hydrogen-bond donors (Lipinski definition) is 1. The maximum atomic E-state index is 13.6. The van der Waals surface area contributed by atoms with E-state index in [0.717, 1.165) is 20.8 Å². The quantitative estimate of drug-likeness (QED) is 0.945. The Balaban J connectivity index is 2.38. The van der Waals surface area contributed by atoms with Crippen molar-refractivity contribution in [3.05, 3.63) is 39.7 Å². The second-order valence-electron chi connectivity index (χ2n) is 3.28. The Morgan fingerprint density at radius 1 is 1.44 bits per heavy atom. The molecule has 1 aromatic heterocycles. The predicted octanol–water partition coefficient (Wildman–Crippen LogP) is 3.21. The molecule has 2 N–H and O–H groups in total. The molecule has 0 aliphatic heterocycles. The Labute approximate surface area is 105 Å². The number of thiazole rings is 1. The van der Waals surface area contributed by atoms with E-state index in [-0.39, 0.29) is 5.82 Å². The van der Waals surface area contributed by atoms with Crippen molar-refractivity contribution in [2.75, 3.05) is 6.54 Å². The number of rotatable bonds is 3. The van der Waals surface area contributed by atoms with Gasteiger partial charge >= 0.3 is 0 Å². The summed E-state index contributed by atoms with van der Waals surface area (Å²) >= 11 is 4.81. The molecule has 0 saturated heterocycles. The first-order valence-corrected chi connectivity index (χ1v) is 6.42. The molecule has 2 aromatic rings. The Bertz CT molecular complexity index is 498. The summed E-state index contributed by atoms with van der Waals surface area (Å²) in [6.07, 6.45) is 2.43. The summed E-state index contributed by atoms with van der Waals surface area (Å²) in [6.45, 7) is 0.563. The second kappa shape index (κ2) is 5.03. The van der Waals surface area contributed by atoms with Crippen LogP contribution in [0.5, 0.6) is 0 Å². The fourth-order valence-corrected chi connectivity index (χ4v) is 2.67. The molecule has 0 unspecified atom stereocenters. The van der Waals surface area contributed by atoms with Crippen LogP contribution in [-0.4, -0.2) is 11.5 Å². The number of halogens is 2. The second-order valence-corrected chi connectivity index (χ2v) is 5.31. The third-order valence-electron chi connectivity index (χ3n) is 2.11. The van der Waals surface area contributed by atoms with Gasteiger partial charge in [-0.05, 0) is 24.7 Å². The molecule has 1 heterocycles. The summed E-state index contributed by atoms with van der Waals surface area (Å²) in [7, 11) is 0. The van der Waals surface area contributed by atoms with E-state index < -0.39 is 0 Å². The third-order valence-corrected chi connectivity index (χ3v) is 3.69. The number of nitrogens with two attached hydrogens (primary N) is 1. The molecule has 0 amide bonds. The van der Waals surface area contributed by atoms with Crippen molar-refractivity contribution in [3.8, 4) is 10.4 Å². The fourth-order valence-electron chi connectivity index (χ4n) is 1.36. The molecule has 2 rings (SSSR count). The molecular weight excluding hydrogens is 291 g/mol. The molecule has 0 radical (unpaired) electrons. The minimum atomic E-state index is -0.230. The lowest BCUT2D eigenvalue weighted by Gasteiger charge is -1.99. The van der Waals surface area contributed by atoms with Gasteiger partial charge in [0, 0.05) is 22.7 Å². The summed E-state index contributed by atoms with van der Waals surface area (Å²) in [6, 6.07) is 4.89. The zero-order chi connectivity index (χ0) is 11.5. The van der Waals surface area contributed by atoms with Crippen molar-refractivity contribution in [2.45, 2.75) is 6.42 Å². The molecule has 0 spiro atoms. The largest absolute Gasteiger partial charge is 0.330 e. The summed E-state index contributed by atoms with van der Waals surface area (Å²) in [5.74, 6) is -0.230. The average molecular weight is 301 g/mol. The minimum absolute atomic E-state index is 0.230. The van der Waals surface area contributed by atoms with Crippen LogP contribution in [0.15, 0.2) is 28.9 Å². The van der Waals surface area contributed by atoms with Crippen LogP contribution in [0.3, 0.4) is 0 Å². The molecule has 0 fully saturated rings. The Morgan fingerprint density at radius 2 is 2.25 bits per heavy atom. The highest BCUT2D eigenvalue weighted by Crippen LogP contribution is 2.30. The van der Waals surface area contributed by atoms with Crippen LogP contribution in [0.25, 0.3) is 10.4 Å². The van der Waals surface area contributed by atoms with Crippen molar-refractivity contribution >= 4 is 27.3 Å². The van der Waals surface area contributed by atoms with Gasteiger partial charge in [0.2, 0.25) is 0 Å². The van der Waals surface area contributed by atoms with Crippen LogP contribution in [0.2, 0.25) is 0 Å². The highest BCUT2D eigenvalue weighted by molar-refractivity contribution is 9.10. The van der Waals surface area contributed by atoms with Gasteiger partial charge < -0.3 is 5.73 Å².